The number of hydrogen-bond donors (Lipinski definition) is 22. The van der Waals surface area contributed by atoms with Crippen LogP contribution in [-0.4, -0.2) is 267 Å². The number of alkyl carbamates (subject to hydrolysis) is 1. The number of primary amides is 1. The number of phenols is 3. The van der Waals surface area contributed by atoms with Gasteiger partial charge >= 0.3 is 30.1 Å². The zero-order valence-corrected chi connectivity index (χ0v) is 77.4. The number of nitrogens with one attached hydrogen (secondary N) is 9. The van der Waals surface area contributed by atoms with E-state index >= 15 is 28.8 Å². The molecule has 45 nitrogen and oxygen atoms in total. The zero-order chi connectivity index (χ0) is 101. The molecule has 0 saturated carbocycles. The summed E-state index contributed by atoms with van der Waals surface area (Å²) in [7, 11) is 1.19. The predicted octanol–water partition coefficient (Wildman–Crippen LogP) is 3.13. The Kier molecular flexibility index (Phi) is 33.0. The number of aliphatic hydroxyl groups excluding tert-OH is 6. The number of nitrogens with zero attached hydrogens (tertiary/aromatic N) is 1. The normalized spacial score (nSPS) is 29.4. The summed E-state index contributed by atoms with van der Waals surface area (Å²) in [5.74, 6) is -21.9. The van der Waals surface area contributed by atoms with E-state index in [9.17, 15) is 99.6 Å². The van der Waals surface area contributed by atoms with Crippen molar-refractivity contribution in [3.05, 3.63) is 141 Å². The van der Waals surface area contributed by atoms with Crippen molar-refractivity contribution in [2.45, 2.75) is 234 Å². The van der Waals surface area contributed by atoms with Gasteiger partial charge in [-0.3, -0.25) is 57.6 Å². The standard InChI is InChI=1S/C92H109Cl2N11O34/c1-39(2)26-53(105(7)89(131)134-47-13-9-11-23-91(5,25-21-47)87(129)97-37-63(113)114)79(121)102-69-71(115)42-15-18-56(50(93)28-42)135-58-30-44-31-59(75(58)139-85-76(74(118)73(117)60(38-106)137-85)138-64-35-92(6,77(119)40(3)132-64)104-88(130)133-46-12-8-10-22-90(4,24-20-46)86(128)96-36-62(111)112)136-57-19-16-43(29-51(57)94)72(116)70-83(125)101-68(84(126)127)49-32-45(107)33-55(109)65(49)48-27-41(14-17-54(48)108)66(80(122)103-70)100-81(123)67(44)99-78(120)52(34-61(95)110)98-82(69)124/h8-9,12-19,27-33,39-40,46-47,52-53,60,64,66-74,76-77,85,106-109,115-119H,10-11,20-26,34-38H2,1-7H3,(H2,95,110)(H,96,128)(H,97,129)(H,98,124)(H,99,120)(H,100,123)(H,101,125)(H,102,121)(H,103,122)(H,104,130)(H,111,112)(H,113,114)(H,126,127)/b12-8+,13-9+/t40-,46+,47+,52-,53+,60+,64-,66+,67+,68-,69+,70-,71+,72+,73+,74-,76+,77+,85?,90-,91-,92-/m0/s1. The number of amides is 11. The fourth-order valence-corrected chi connectivity index (χ4v) is 17.9. The number of fused-ring (bicyclic) bond motifs is 15. The van der Waals surface area contributed by atoms with E-state index in [1.807, 2.05) is 0 Å². The Labute approximate surface area is 802 Å². The number of likely N-dealkylation sites (N-methyl/N-ethyl adjacent to an activating group) is 1. The largest absolute Gasteiger partial charge is 0.508 e. The molecule has 0 spiro atoms. The number of benzene rings is 5. The van der Waals surface area contributed by atoms with Crippen LogP contribution >= 0.6 is 23.2 Å². The van der Waals surface area contributed by atoms with Crippen molar-refractivity contribution < 1.29 is 166 Å². The highest BCUT2D eigenvalue weighted by Gasteiger charge is 2.54. The van der Waals surface area contributed by atoms with Crippen molar-refractivity contribution in [2.24, 2.45) is 22.5 Å². The van der Waals surface area contributed by atoms with E-state index in [1.165, 1.54) is 20.9 Å². The molecule has 11 bridgehead atoms. The van der Waals surface area contributed by atoms with Gasteiger partial charge in [0.1, 0.15) is 127 Å². The number of phenolic OH excluding ortho intramolecular Hbond substituents is 3. The average molecular weight is 1980 g/mol. The van der Waals surface area contributed by atoms with E-state index in [4.69, 9.17) is 66.8 Å². The first-order valence-corrected chi connectivity index (χ1v) is 45.1. The maximum atomic E-state index is 16.5. The smallest absolute Gasteiger partial charge is 0.410 e. The minimum Gasteiger partial charge on any atom is -0.508 e. The third kappa shape index (κ3) is 24.4. The van der Waals surface area contributed by atoms with E-state index in [0.717, 1.165) is 83.8 Å². The van der Waals surface area contributed by atoms with Crippen molar-refractivity contribution in [1.82, 2.24) is 52.8 Å². The molecule has 2 aliphatic carbocycles. The van der Waals surface area contributed by atoms with Gasteiger partial charge in [0.25, 0.3) is 0 Å². The summed E-state index contributed by atoms with van der Waals surface area (Å²) in [4.78, 5) is 200. The van der Waals surface area contributed by atoms with Crippen molar-refractivity contribution in [3.8, 4) is 57.1 Å². The molecule has 1 unspecified atom stereocenters. The van der Waals surface area contributed by atoms with Crippen LogP contribution in [0.5, 0.6) is 46.0 Å². The number of hydrogen-bond acceptors (Lipinski definition) is 31. The Bertz CT molecular complexity index is 5650. The van der Waals surface area contributed by atoms with Gasteiger partial charge in [-0.15, -0.1) is 0 Å². The van der Waals surface area contributed by atoms with Crippen LogP contribution in [0.3, 0.4) is 0 Å². The third-order valence-electron chi connectivity index (χ3n) is 25.3. The number of carboxylic acid groups (broad SMARTS) is 3. The molecule has 22 atom stereocenters. The summed E-state index contributed by atoms with van der Waals surface area (Å²) in [6.45, 7) is 6.97. The Balaban J connectivity index is 0.993. The summed E-state index contributed by atoms with van der Waals surface area (Å²) >= 11 is 14.4. The minimum atomic E-state index is -2.51. The molecule has 47 heteroatoms. The molecule has 14 rings (SSSR count). The first kappa shape index (κ1) is 105. The number of nitrogens with two attached hydrogens (primary N) is 1. The van der Waals surface area contributed by atoms with Crippen molar-refractivity contribution in [2.75, 3.05) is 26.7 Å². The second-order valence-corrected chi connectivity index (χ2v) is 37.0. The lowest BCUT2D eigenvalue weighted by molar-refractivity contribution is -0.334. The summed E-state index contributed by atoms with van der Waals surface area (Å²) in [5.41, 5.74) is -1.65. The number of carbonyl (C=O) groups is 14. The van der Waals surface area contributed by atoms with Crippen LogP contribution in [0.15, 0.2) is 103 Å². The number of carboxylic acids is 3. The van der Waals surface area contributed by atoms with E-state index in [0.29, 0.717) is 25.7 Å². The number of ether oxygens (including phenoxy) is 8. The Morgan fingerprint density at radius 3 is 1.75 bits per heavy atom. The van der Waals surface area contributed by atoms with E-state index in [-0.39, 0.29) is 43.2 Å². The maximum Gasteiger partial charge on any atom is 0.410 e. The molecule has 750 valence electrons. The van der Waals surface area contributed by atoms with Crippen LogP contribution in [0.2, 0.25) is 10.0 Å². The zero-order valence-electron chi connectivity index (χ0n) is 75.9. The Morgan fingerprint density at radius 1 is 0.626 bits per heavy atom. The molecule has 2 saturated heterocycles. The molecule has 7 heterocycles. The Hall–Kier alpha value is -13.2. The maximum absolute atomic E-state index is 16.5. The molecule has 23 N–H and O–H groups in total. The molecular formula is C92H109Cl2N11O34. The van der Waals surface area contributed by atoms with E-state index < -0.39 is 338 Å². The average Bonchev–Trinajstić information content (AvgIpc) is 0.758. The molecule has 7 aliphatic heterocycles. The lowest BCUT2D eigenvalue weighted by Gasteiger charge is -2.48. The molecule has 2 fully saturated rings. The lowest BCUT2D eigenvalue weighted by atomic mass is 9.78. The highest BCUT2D eigenvalue weighted by atomic mass is 35.5. The molecule has 11 amide bonds. The Morgan fingerprint density at radius 2 is 1.19 bits per heavy atom. The SMILES string of the molecule is CC(C)C[C@H](C(=O)N[C@H]1C(=O)N[C@@H](CC(N)=O)C(=O)N[C@H]2C(=O)N[C@H]3C(=O)N[C@H](C(=O)N[C@H](C(=O)O)c4cc(O)cc(O)c4-c4cc3ccc4O)[C@H](O)c3ccc(c(Cl)c3)Oc3cc2cc(c3OC2O[C@H](CO)[C@@H](O)[C@H](O)[C@H]2O[C@H]2C[C@](C)(NC(=O)O[C@@H]3/C=C/CC[C@](C)(C(=O)NCC(=O)O)CC3)[C@H](O)[C@H](C)O2)Oc2ccc(cc2Cl)[C@H]1O)N(C)C(=O)O[C@@H]1/C=C/CC[C@](C)(C(=O)NCC(=O)O)CC1. The van der Waals surface area contributed by atoms with Gasteiger partial charge in [-0.05, 0) is 167 Å². The second-order valence-electron chi connectivity index (χ2n) is 36.2. The summed E-state index contributed by atoms with van der Waals surface area (Å²) < 4.78 is 51.1. The van der Waals surface area contributed by atoms with Crippen LogP contribution in [-0.2, 0) is 81.2 Å². The topological polar surface area (TPSA) is 693 Å². The van der Waals surface area contributed by atoms with E-state index in [2.05, 4.69) is 47.9 Å². The van der Waals surface area contributed by atoms with Crippen LogP contribution < -0.4 is 67.8 Å². The van der Waals surface area contributed by atoms with Crippen LogP contribution in [0.4, 0.5) is 9.59 Å². The predicted molar refractivity (Wildman–Crippen MR) is 480 cm³/mol. The van der Waals surface area contributed by atoms with Gasteiger partial charge in [-0.1, -0.05) is 81.2 Å². The quantitative estimate of drug-likeness (QED) is 0.0443. The fourth-order valence-electron chi connectivity index (χ4n) is 17.4. The summed E-state index contributed by atoms with van der Waals surface area (Å²) in [5, 5.41) is 157. The fraction of sp³-hybridized carbons (Fsp3) is 0.478. The number of allylic oxidation sites excluding steroid dienone is 2. The first-order chi connectivity index (χ1) is 65.6. The number of rotatable bonds is 22. The summed E-state index contributed by atoms with van der Waals surface area (Å²) in [6, 6.07) is -3.14. The number of halogens is 2. The number of aliphatic hydroxyl groups is 6. The minimum absolute atomic E-state index is 0.0275. The van der Waals surface area contributed by atoms with Gasteiger partial charge in [-0.25, -0.2) is 14.4 Å². The van der Waals surface area contributed by atoms with Crippen LogP contribution in [0, 0.1) is 16.7 Å². The van der Waals surface area contributed by atoms with Gasteiger partial charge in [-0.2, -0.15) is 0 Å². The third-order valence-corrected chi connectivity index (χ3v) is 25.9. The molecule has 5 aromatic carbocycles. The molecule has 139 heavy (non-hydrogen) atoms. The van der Waals surface area contributed by atoms with Gasteiger partial charge in [0.05, 0.1) is 34.7 Å². The number of aliphatic carboxylic acids is 3. The van der Waals surface area contributed by atoms with Crippen molar-refractivity contribution in [3.63, 3.8) is 0 Å². The highest BCUT2D eigenvalue weighted by molar-refractivity contribution is 6.32. The van der Waals surface area contributed by atoms with E-state index in [1.54, 1.807) is 52.0 Å². The van der Waals surface area contributed by atoms with Crippen molar-refractivity contribution >= 4 is 106 Å². The van der Waals surface area contributed by atoms with Crippen LogP contribution in [0.25, 0.3) is 11.1 Å². The van der Waals surface area contributed by atoms with Gasteiger partial charge < -0.3 is 153 Å². The second kappa shape index (κ2) is 43.9. The number of carbonyl (C=O) groups excluding carboxylic acids is 11. The monoisotopic (exact) mass is 1980 g/mol. The van der Waals surface area contributed by atoms with Crippen molar-refractivity contribution in [1.29, 1.82) is 0 Å². The molecular weight excluding hydrogens is 1870 g/mol. The van der Waals surface area contributed by atoms with Gasteiger partial charge in [0.15, 0.2) is 29.9 Å². The first-order valence-electron chi connectivity index (χ1n) is 44.3. The van der Waals surface area contributed by atoms with Crippen LogP contribution in [0.1, 0.15) is 170 Å². The molecule has 9 aliphatic rings. The van der Waals surface area contributed by atoms with Gasteiger partial charge in [0, 0.05) is 47.1 Å². The molecule has 0 radical (unpaired) electrons. The summed E-state index contributed by atoms with van der Waals surface area (Å²) in [6.07, 6.45) is -18.0. The molecule has 0 aromatic heterocycles. The molecule has 5 aromatic rings. The number of aromatic hydroxyl groups is 3. The van der Waals surface area contributed by atoms with Gasteiger partial charge in [0.2, 0.25) is 65.2 Å². The highest BCUT2D eigenvalue weighted by Crippen LogP contribution is 2.51. The lowest BCUT2D eigenvalue weighted by Crippen LogP contribution is -2.66.